The van der Waals surface area contributed by atoms with Gasteiger partial charge in [0, 0.05) is 18.0 Å². The maximum atomic E-state index is 6.28. The highest BCUT2D eigenvalue weighted by atomic mass is 16.5. The van der Waals surface area contributed by atoms with Gasteiger partial charge in [-0.05, 0) is 44.4 Å². The molecule has 2 nitrogen and oxygen atoms in total. The summed E-state index contributed by atoms with van der Waals surface area (Å²) in [4.78, 5) is 0. The molecule has 1 unspecified atom stereocenters. The van der Waals surface area contributed by atoms with E-state index in [-0.39, 0.29) is 5.60 Å². The molecule has 2 heteroatoms. The van der Waals surface area contributed by atoms with E-state index in [0.717, 1.165) is 18.7 Å². The Bertz CT molecular complexity index is 463. The van der Waals surface area contributed by atoms with Crippen LogP contribution in [0.1, 0.15) is 69.7 Å². The van der Waals surface area contributed by atoms with Crippen LogP contribution in [0.15, 0.2) is 12.1 Å². The molecule has 2 rings (SSSR count). The highest BCUT2D eigenvalue weighted by Crippen LogP contribution is 2.44. The Morgan fingerprint density at radius 3 is 2.63 bits per heavy atom. The van der Waals surface area contributed by atoms with Crippen molar-refractivity contribution in [2.45, 2.75) is 65.5 Å². The molecule has 19 heavy (non-hydrogen) atoms. The average molecular weight is 261 g/mol. The molecule has 0 saturated carbocycles. The molecule has 1 aliphatic rings. The van der Waals surface area contributed by atoms with Gasteiger partial charge in [0.2, 0.25) is 0 Å². The first-order valence-electron chi connectivity index (χ1n) is 7.41. The number of fused-ring (bicyclic) bond motifs is 1. The molecule has 0 fully saturated rings. The Hall–Kier alpha value is -1.02. The highest BCUT2D eigenvalue weighted by Gasteiger charge is 2.36. The molecule has 1 aromatic rings. The van der Waals surface area contributed by atoms with Crippen LogP contribution < -0.4 is 10.1 Å². The predicted molar refractivity (Wildman–Crippen MR) is 81.0 cm³/mol. The summed E-state index contributed by atoms with van der Waals surface area (Å²) in [6, 6.07) is 4.87. The van der Waals surface area contributed by atoms with E-state index in [1.54, 1.807) is 0 Å². The maximum absolute atomic E-state index is 6.28. The lowest BCUT2D eigenvalue weighted by molar-refractivity contribution is 0.0649. The van der Waals surface area contributed by atoms with Gasteiger partial charge in [0.1, 0.15) is 11.4 Å². The molecule has 0 bridgehead atoms. The van der Waals surface area contributed by atoms with Crippen LogP contribution in [0.25, 0.3) is 0 Å². The summed E-state index contributed by atoms with van der Waals surface area (Å²) in [6.45, 7) is 14.2. The number of rotatable bonds is 3. The lowest BCUT2D eigenvalue weighted by atomic mass is 9.83. The van der Waals surface area contributed by atoms with Crippen molar-refractivity contribution in [3.63, 3.8) is 0 Å². The van der Waals surface area contributed by atoms with Crippen LogP contribution in [0.5, 0.6) is 5.75 Å². The van der Waals surface area contributed by atoms with Crippen molar-refractivity contribution in [2.75, 3.05) is 6.54 Å². The Morgan fingerprint density at radius 1 is 1.37 bits per heavy atom. The molecule has 1 aromatic carbocycles. The van der Waals surface area contributed by atoms with Crippen LogP contribution in [0, 0.1) is 6.92 Å². The zero-order chi connectivity index (χ0) is 14.2. The van der Waals surface area contributed by atoms with E-state index >= 15 is 0 Å². The van der Waals surface area contributed by atoms with E-state index in [1.807, 2.05) is 0 Å². The summed E-state index contributed by atoms with van der Waals surface area (Å²) < 4.78 is 6.28. The number of hydrogen-bond acceptors (Lipinski definition) is 2. The lowest BCUT2D eigenvalue weighted by Crippen LogP contribution is -2.40. The van der Waals surface area contributed by atoms with Gasteiger partial charge in [-0.1, -0.05) is 32.9 Å². The van der Waals surface area contributed by atoms with E-state index in [4.69, 9.17) is 4.74 Å². The summed E-state index contributed by atoms with van der Waals surface area (Å²) in [5.41, 5.74) is 3.95. The zero-order valence-electron chi connectivity index (χ0n) is 13.1. The van der Waals surface area contributed by atoms with Crippen LogP contribution in [0.4, 0.5) is 0 Å². The van der Waals surface area contributed by atoms with Crippen molar-refractivity contribution in [2.24, 2.45) is 0 Å². The van der Waals surface area contributed by atoms with Gasteiger partial charge in [-0.2, -0.15) is 0 Å². The van der Waals surface area contributed by atoms with E-state index < -0.39 is 0 Å². The van der Waals surface area contributed by atoms with Gasteiger partial charge in [-0.25, -0.2) is 0 Å². The van der Waals surface area contributed by atoms with E-state index in [0.29, 0.717) is 12.0 Å². The molecule has 0 aromatic heterocycles. The van der Waals surface area contributed by atoms with Crippen molar-refractivity contribution in [1.29, 1.82) is 0 Å². The van der Waals surface area contributed by atoms with E-state index in [2.05, 4.69) is 59.0 Å². The van der Waals surface area contributed by atoms with Gasteiger partial charge >= 0.3 is 0 Å². The largest absolute Gasteiger partial charge is 0.487 e. The number of nitrogens with one attached hydrogen (secondary N) is 1. The summed E-state index contributed by atoms with van der Waals surface area (Å²) in [5.74, 6) is 1.63. The summed E-state index contributed by atoms with van der Waals surface area (Å²) in [6.07, 6.45) is 1.02. The molecule has 0 saturated heterocycles. The van der Waals surface area contributed by atoms with Gasteiger partial charge in [0.05, 0.1) is 0 Å². The van der Waals surface area contributed by atoms with Crippen LogP contribution in [0.2, 0.25) is 0 Å². The third kappa shape index (κ3) is 2.79. The van der Waals surface area contributed by atoms with Gasteiger partial charge in [0.15, 0.2) is 0 Å². The maximum Gasteiger partial charge on any atom is 0.128 e. The number of aryl methyl sites for hydroxylation is 1. The van der Waals surface area contributed by atoms with Crippen LogP contribution >= 0.6 is 0 Å². The fourth-order valence-electron chi connectivity index (χ4n) is 3.05. The molecule has 1 heterocycles. The first kappa shape index (κ1) is 14.4. The molecular weight excluding hydrogens is 234 g/mol. The second kappa shape index (κ2) is 5.16. The second-order valence-corrected chi connectivity index (χ2v) is 6.55. The quantitative estimate of drug-likeness (QED) is 0.874. The van der Waals surface area contributed by atoms with E-state index in [9.17, 15) is 0 Å². The minimum absolute atomic E-state index is 0.0970. The Labute approximate surface area is 117 Å². The molecule has 1 N–H and O–H groups in total. The van der Waals surface area contributed by atoms with Crippen LogP contribution in [-0.4, -0.2) is 12.1 Å². The Morgan fingerprint density at radius 2 is 2.05 bits per heavy atom. The van der Waals surface area contributed by atoms with Crippen LogP contribution in [0.3, 0.4) is 0 Å². The fourth-order valence-corrected chi connectivity index (χ4v) is 3.05. The predicted octanol–water partition coefficient (Wildman–Crippen LogP) is 4.33. The fraction of sp³-hybridized carbons (Fsp3) is 0.647. The Kier molecular flexibility index (Phi) is 3.91. The van der Waals surface area contributed by atoms with Gasteiger partial charge in [0.25, 0.3) is 0 Å². The minimum Gasteiger partial charge on any atom is -0.487 e. The van der Waals surface area contributed by atoms with Gasteiger partial charge in [-0.3, -0.25) is 0 Å². The molecule has 106 valence electrons. The first-order chi connectivity index (χ1) is 8.85. The van der Waals surface area contributed by atoms with E-state index in [1.165, 1.54) is 16.7 Å². The Balaban J connectivity index is 2.58. The average Bonchev–Trinajstić information content (AvgIpc) is 2.29. The van der Waals surface area contributed by atoms with Crippen molar-refractivity contribution in [3.05, 3.63) is 28.8 Å². The topological polar surface area (TPSA) is 21.3 Å². The molecular formula is C17H27NO. The molecule has 0 spiro atoms. The monoisotopic (exact) mass is 261 g/mol. The normalized spacial score (nSPS) is 21.1. The van der Waals surface area contributed by atoms with Crippen molar-refractivity contribution in [3.8, 4) is 5.75 Å². The molecule has 1 aliphatic heterocycles. The SMILES string of the molecule is CCNC1CC(C)(C)Oc2c(C)ccc(C(C)C)c21. The summed E-state index contributed by atoms with van der Waals surface area (Å²) >= 11 is 0. The van der Waals surface area contributed by atoms with Crippen LogP contribution in [-0.2, 0) is 0 Å². The zero-order valence-corrected chi connectivity index (χ0v) is 13.1. The summed E-state index contributed by atoms with van der Waals surface area (Å²) in [7, 11) is 0. The number of ether oxygens (including phenoxy) is 1. The first-order valence-corrected chi connectivity index (χ1v) is 7.41. The number of benzene rings is 1. The second-order valence-electron chi connectivity index (χ2n) is 6.55. The molecule has 0 radical (unpaired) electrons. The lowest BCUT2D eigenvalue weighted by Gasteiger charge is -2.40. The molecule has 0 aliphatic carbocycles. The van der Waals surface area contributed by atoms with Crippen molar-refractivity contribution < 1.29 is 4.74 Å². The standard InChI is InChI=1S/C17H27NO/c1-7-18-14-10-17(5,6)19-16-12(4)8-9-13(11(2)3)15(14)16/h8-9,11,14,18H,7,10H2,1-6H3. The van der Waals surface area contributed by atoms with Crippen molar-refractivity contribution >= 4 is 0 Å². The molecule has 1 atom stereocenters. The summed E-state index contributed by atoms with van der Waals surface area (Å²) in [5, 5.41) is 3.64. The molecule has 0 amide bonds. The van der Waals surface area contributed by atoms with Gasteiger partial charge in [-0.15, -0.1) is 0 Å². The minimum atomic E-state index is -0.0970. The van der Waals surface area contributed by atoms with Crippen molar-refractivity contribution in [1.82, 2.24) is 5.32 Å². The third-order valence-corrected chi connectivity index (χ3v) is 3.92. The third-order valence-electron chi connectivity index (χ3n) is 3.92. The highest BCUT2D eigenvalue weighted by molar-refractivity contribution is 5.50. The smallest absolute Gasteiger partial charge is 0.128 e. The van der Waals surface area contributed by atoms with Gasteiger partial charge < -0.3 is 10.1 Å². The number of hydrogen-bond donors (Lipinski definition) is 1.